The molecule has 1 aliphatic carbocycles. The molecule has 0 amide bonds. The van der Waals surface area contributed by atoms with Crippen molar-refractivity contribution in [1.29, 1.82) is 0 Å². The molecule has 0 saturated heterocycles. The van der Waals surface area contributed by atoms with Crippen molar-refractivity contribution in [1.82, 2.24) is 5.32 Å². The number of hydrogen-bond acceptors (Lipinski definition) is 2. The lowest BCUT2D eigenvalue weighted by atomic mass is 9.68. The van der Waals surface area contributed by atoms with Gasteiger partial charge in [0.25, 0.3) is 0 Å². The smallest absolute Gasteiger partial charge is 0.0730 e. The standard InChI is InChI=1S/C19H39NO/c1-6-8-9-10-11-14-21-18-15-16(19(3,4)7-2)12-13-17(18)20-5/h16-18,20H,6-15H2,1-5H3. The fourth-order valence-corrected chi connectivity index (χ4v) is 3.58. The van der Waals surface area contributed by atoms with Gasteiger partial charge in [0, 0.05) is 12.6 Å². The zero-order valence-corrected chi connectivity index (χ0v) is 15.2. The fraction of sp³-hybridized carbons (Fsp3) is 1.00. The van der Waals surface area contributed by atoms with Crippen molar-refractivity contribution in [3.05, 3.63) is 0 Å². The Morgan fingerprint density at radius 1 is 1.05 bits per heavy atom. The minimum absolute atomic E-state index is 0.422. The first-order chi connectivity index (χ1) is 10.0. The van der Waals surface area contributed by atoms with E-state index in [1.165, 1.54) is 57.8 Å². The summed E-state index contributed by atoms with van der Waals surface area (Å²) >= 11 is 0. The molecule has 1 saturated carbocycles. The number of hydrogen-bond donors (Lipinski definition) is 1. The quantitative estimate of drug-likeness (QED) is 0.562. The molecule has 1 aliphatic rings. The SMILES string of the molecule is CCCCCCCOC1CC(C(C)(C)CC)CCC1NC. The van der Waals surface area contributed by atoms with E-state index in [9.17, 15) is 0 Å². The average Bonchev–Trinajstić information content (AvgIpc) is 2.50. The Balaban J connectivity index is 2.37. The van der Waals surface area contributed by atoms with Crippen LogP contribution < -0.4 is 5.32 Å². The molecule has 0 aromatic carbocycles. The van der Waals surface area contributed by atoms with Gasteiger partial charge in [-0.3, -0.25) is 0 Å². The Morgan fingerprint density at radius 3 is 2.38 bits per heavy atom. The van der Waals surface area contributed by atoms with Gasteiger partial charge in [-0.05, 0) is 44.1 Å². The Bertz CT molecular complexity index is 264. The predicted molar refractivity (Wildman–Crippen MR) is 92.8 cm³/mol. The molecule has 2 heteroatoms. The van der Waals surface area contributed by atoms with Crippen LogP contribution in [0.2, 0.25) is 0 Å². The molecule has 3 unspecified atom stereocenters. The minimum Gasteiger partial charge on any atom is -0.377 e. The highest BCUT2D eigenvalue weighted by Gasteiger charge is 2.37. The van der Waals surface area contributed by atoms with Crippen LogP contribution >= 0.6 is 0 Å². The highest BCUT2D eigenvalue weighted by atomic mass is 16.5. The van der Waals surface area contributed by atoms with Crippen molar-refractivity contribution in [2.24, 2.45) is 11.3 Å². The van der Waals surface area contributed by atoms with Gasteiger partial charge >= 0.3 is 0 Å². The molecule has 1 N–H and O–H groups in total. The van der Waals surface area contributed by atoms with Crippen LogP contribution in [0.3, 0.4) is 0 Å². The highest BCUT2D eigenvalue weighted by molar-refractivity contribution is 4.90. The molecule has 0 radical (unpaired) electrons. The molecule has 21 heavy (non-hydrogen) atoms. The zero-order chi connectivity index (χ0) is 15.7. The van der Waals surface area contributed by atoms with Gasteiger partial charge in [-0.1, -0.05) is 59.8 Å². The summed E-state index contributed by atoms with van der Waals surface area (Å²) in [6.45, 7) is 10.4. The predicted octanol–water partition coefficient (Wildman–Crippen LogP) is 5.17. The summed E-state index contributed by atoms with van der Waals surface area (Å²) in [5, 5.41) is 3.48. The number of unbranched alkanes of at least 4 members (excludes halogenated alkanes) is 4. The van der Waals surface area contributed by atoms with E-state index in [4.69, 9.17) is 4.74 Å². The van der Waals surface area contributed by atoms with Gasteiger partial charge in [-0.15, -0.1) is 0 Å². The largest absolute Gasteiger partial charge is 0.377 e. The third kappa shape index (κ3) is 6.28. The maximum Gasteiger partial charge on any atom is 0.0730 e. The summed E-state index contributed by atoms with van der Waals surface area (Å²) in [6.07, 6.45) is 12.2. The van der Waals surface area contributed by atoms with Crippen LogP contribution in [-0.2, 0) is 4.74 Å². The molecule has 0 heterocycles. The molecule has 0 aromatic heterocycles. The Kier molecular flexibility index (Phi) is 8.89. The van der Waals surface area contributed by atoms with Crippen LogP contribution in [0.25, 0.3) is 0 Å². The number of rotatable bonds is 10. The van der Waals surface area contributed by atoms with Crippen molar-refractivity contribution in [2.45, 2.75) is 97.6 Å². The van der Waals surface area contributed by atoms with Crippen molar-refractivity contribution < 1.29 is 4.74 Å². The van der Waals surface area contributed by atoms with E-state index in [-0.39, 0.29) is 0 Å². The van der Waals surface area contributed by atoms with E-state index in [1.54, 1.807) is 0 Å². The molecule has 0 bridgehead atoms. The van der Waals surface area contributed by atoms with Crippen molar-refractivity contribution in [2.75, 3.05) is 13.7 Å². The second kappa shape index (κ2) is 9.84. The lowest BCUT2D eigenvalue weighted by Crippen LogP contribution is -2.46. The topological polar surface area (TPSA) is 21.3 Å². The molecule has 0 spiro atoms. The van der Waals surface area contributed by atoms with E-state index in [1.807, 2.05) is 0 Å². The summed E-state index contributed by atoms with van der Waals surface area (Å²) in [5.41, 5.74) is 0.460. The monoisotopic (exact) mass is 297 g/mol. The van der Waals surface area contributed by atoms with Crippen LogP contribution in [-0.4, -0.2) is 25.8 Å². The summed E-state index contributed by atoms with van der Waals surface area (Å²) in [4.78, 5) is 0. The first-order valence-electron chi connectivity index (χ1n) is 9.34. The molecular formula is C19H39NO. The lowest BCUT2D eigenvalue weighted by Gasteiger charge is -2.43. The average molecular weight is 298 g/mol. The van der Waals surface area contributed by atoms with E-state index >= 15 is 0 Å². The summed E-state index contributed by atoms with van der Waals surface area (Å²) in [5.74, 6) is 0.817. The van der Waals surface area contributed by atoms with Crippen LogP contribution in [0.4, 0.5) is 0 Å². The number of ether oxygens (including phenoxy) is 1. The Labute approximate surface area is 133 Å². The molecule has 3 atom stereocenters. The van der Waals surface area contributed by atoms with Crippen molar-refractivity contribution >= 4 is 0 Å². The van der Waals surface area contributed by atoms with Gasteiger partial charge in [-0.25, -0.2) is 0 Å². The van der Waals surface area contributed by atoms with Crippen LogP contribution in [0.1, 0.15) is 85.5 Å². The second-order valence-corrected chi connectivity index (χ2v) is 7.57. The molecular weight excluding hydrogens is 258 g/mol. The third-order valence-corrected chi connectivity index (χ3v) is 5.76. The minimum atomic E-state index is 0.422. The number of likely N-dealkylation sites (N-methyl/N-ethyl adjacent to an activating group) is 1. The number of nitrogens with one attached hydrogen (secondary N) is 1. The fourth-order valence-electron chi connectivity index (χ4n) is 3.58. The van der Waals surface area contributed by atoms with Crippen LogP contribution in [0.15, 0.2) is 0 Å². The van der Waals surface area contributed by atoms with Crippen LogP contribution in [0.5, 0.6) is 0 Å². The van der Waals surface area contributed by atoms with Crippen LogP contribution in [0, 0.1) is 11.3 Å². The maximum absolute atomic E-state index is 6.27. The summed E-state index contributed by atoms with van der Waals surface area (Å²) in [7, 11) is 2.09. The van der Waals surface area contributed by atoms with Gasteiger partial charge in [0.1, 0.15) is 0 Å². The van der Waals surface area contributed by atoms with Gasteiger partial charge < -0.3 is 10.1 Å². The molecule has 0 aromatic rings. The summed E-state index contributed by atoms with van der Waals surface area (Å²) < 4.78 is 6.27. The first kappa shape index (κ1) is 19.0. The normalized spacial score (nSPS) is 27.0. The molecule has 1 rings (SSSR count). The van der Waals surface area contributed by atoms with Gasteiger partial charge in [0.15, 0.2) is 0 Å². The second-order valence-electron chi connectivity index (χ2n) is 7.57. The van der Waals surface area contributed by atoms with Gasteiger partial charge in [0.05, 0.1) is 6.10 Å². The van der Waals surface area contributed by atoms with Gasteiger partial charge in [0.2, 0.25) is 0 Å². The Morgan fingerprint density at radius 2 is 1.76 bits per heavy atom. The van der Waals surface area contributed by atoms with E-state index in [2.05, 4.69) is 40.1 Å². The van der Waals surface area contributed by atoms with E-state index < -0.39 is 0 Å². The van der Waals surface area contributed by atoms with E-state index in [0.717, 1.165) is 12.5 Å². The van der Waals surface area contributed by atoms with Gasteiger partial charge in [-0.2, -0.15) is 0 Å². The highest BCUT2D eigenvalue weighted by Crippen LogP contribution is 2.41. The third-order valence-electron chi connectivity index (χ3n) is 5.76. The molecule has 2 nitrogen and oxygen atoms in total. The lowest BCUT2D eigenvalue weighted by molar-refractivity contribution is -0.0307. The zero-order valence-electron chi connectivity index (χ0n) is 15.2. The molecule has 126 valence electrons. The maximum atomic E-state index is 6.27. The first-order valence-corrected chi connectivity index (χ1v) is 9.34. The Hall–Kier alpha value is -0.0800. The molecule has 0 aliphatic heterocycles. The van der Waals surface area contributed by atoms with Crippen molar-refractivity contribution in [3.8, 4) is 0 Å². The summed E-state index contributed by atoms with van der Waals surface area (Å²) in [6, 6.07) is 0.560. The van der Waals surface area contributed by atoms with Crippen molar-refractivity contribution in [3.63, 3.8) is 0 Å². The molecule has 1 fully saturated rings. The van der Waals surface area contributed by atoms with E-state index in [0.29, 0.717) is 17.6 Å².